The Labute approximate surface area is 92.5 Å². The molecule has 0 saturated carbocycles. The second-order valence-corrected chi connectivity index (χ2v) is 3.26. The van der Waals surface area contributed by atoms with Crippen LogP contribution in [0, 0.1) is 0 Å². The van der Waals surface area contributed by atoms with Gasteiger partial charge in [-0.05, 0) is 29.3 Å². The number of nitrogens with one attached hydrogen (secondary N) is 1. The summed E-state index contributed by atoms with van der Waals surface area (Å²) in [5.74, 6) is -0.516. The van der Waals surface area contributed by atoms with Crippen LogP contribution in [-0.4, -0.2) is 16.1 Å². The minimum Gasteiger partial charge on any atom is -0.288 e. The van der Waals surface area contributed by atoms with E-state index in [2.05, 4.69) is 4.98 Å². The van der Waals surface area contributed by atoms with E-state index in [4.69, 9.17) is 5.21 Å². The minimum atomic E-state index is -0.516. The molecule has 4 heteroatoms. The van der Waals surface area contributed by atoms with Crippen molar-refractivity contribution in [1.82, 2.24) is 10.5 Å². The van der Waals surface area contributed by atoms with Crippen molar-refractivity contribution in [2.45, 2.75) is 0 Å². The van der Waals surface area contributed by atoms with Gasteiger partial charge in [-0.3, -0.25) is 15.0 Å². The lowest BCUT2D eigenvalue weighted by molar-refractivity contribution is 0.0706. The van der Waals surface area contributed by atoms with Crippen molar-refractivity contribution in [3.05, 3.63) is 54.4 Å². The number of hydrogen-bond acceptors (Lipinski definition) is 3. The normalized spacial score (nSPS) is 9.81. The van der Waals surface area contributed by atoms with Crippen LogP contribution in [-0.2, 0) is 0 Å². The fourth-order valence-corrected chi connectivity index (χ4v) is 1.41. The summed E-state index contributed by atoms with van der Waals surface area (Å²) >= 11 is 0. The summed E-state index contributed by atoms with van der Waals surface area (Å²) in [6.07, 6.45) is 3.46. The van der Waals surface area contributed by atoms with Crippen LogP contribution in [0.1, 0.15) is 10.4 Å². The smallest absolute Gasteiger partial charge is 0.274 e. The molecule has 4 nitrogen and oxygen atoms in total. The monoisotopic (exact) mass is 214 g/mol. The lowest BCUT2D eigenvalue weighted by atomic mass is 10.1. The summed E-state index contributed by atoms with van der Waals surface area (Å²) in [5, 5.41) is 8.47. The lowest BCUT2D eigenvalue weighted by Crippen LogP contribution is -2.18. The second-order valence-electron chi connectivity index (χ2n) is 3.26. The number of aromatic nitrogens is 1. The summed E-state index contributed by atoms with van der Waals surface area (Å²) < 4.78 is 0. The van der Waals surface area contributed by atoms with E-state index in [0.29, 0.717) is 5.56 Å². The fraction of sp³-hybridized carbons (Fsp3) is 0. The highest BCUT2D eigenvalue weighted by atomic mass is 16.5. The van der Waals surface area contributed by atoms with Gasteiger partial charge in [0.05, 0.1) is 0 Å². The Morgan fingerprint density at radius 1 is 1.12 bits per heavy atom. The minimum absolute atomic E-state index is 0.412. The zero-order valence-electron chi connectivity index (χ0n) is 8.42. The Hall–Kier alpha value is -2.20. The van der Waals surface area contributed by atoms with Gasteiger partial charge in [-0.1, -0.05) is 18.2 Å². The third-order valence-corrected chi connectivity index (χ3v) is 2.24. The number of benzene rings is 1. The molecule has 1 aromatic carbocycles. The van der Waals surface area contributed by atoms with E-state index in [1.807, 2.05) is 24.3 Å². The number of hydroxylamine groups is 1. The molecule has 0 aliphatic rings. The third-order valence-electron chi connectivity index (χ3n) is 2.24. The lowest BCUT2D eigenvalue weighted by Gasteiger charge is -2.02. The standard InChI is InChI=1S/C12H10N2O2/c15-12(14-16)10-5-3-9(4-6-10)11-2-1-7-13-8-11/h1-8,16H,(H,14,15). The number of pyridine rings is 1. The maximum absolute atomic E-state index is 11.1. The molecule has 16 heavy (non-hydrogen) atoms. The maximum Gasteiger partial charge on any atom is 0.274 e. The molecule has 2 rings (SSSR count). The molecule has 80 valence electrons. The summed E-state index contributed by atoms with van der Waals surface area (Å²) in [4.78, 5) is 15.1. The van der Waals surface area contributed by atoms with Crippen LogP contribution in [0.15, 0.2) is 48.8 Å². The Bertz CT molecular complexity index is 480. The molecule has 0 atom stereocenters. The molecule has 0 aliphatic carbocycles. The number of carbonyl (C=O) groups excluding carboxylic acids is 1. The van der Waals surface area contributed by atoms with Crippen molar-refractivity contribution < 1.29 is 10.0 Å². The number of hydrogen-bond donors (Lipinski definition) is 2. The van der Waals surface area contributed by atoms with Gasteiger partial charge in [0.25, 0.3) is 5.91 Å². The van der Waals surface area contributed by atoms with Gasteiger partial charge in [-0.25, -0.2) is 5.48 Å². The van der Waals surface area contributed by atoms with Crippen LogP contribution in [0.25, 0.3) is 11.1 Å². The Kier molecular flexibility index (Phi) is 2.93. The highest BCUT2D eigenvalue weighted by Gasteiger charge is 2.03. The maximum atomic E-state index is 11.1. The quantitative estimate of drug-likeness (QED) is 0.592. The first-order valence-electron chi connectivity index (χ1n) is 4.76. The fourth-order valence-electron chi connectivity index (χ4n) is 1.41. The molecule has 0 saturated heterocycles. The van der Waals surface area contributed by atoms with Crippen LogP contribution in [0.3, 0.4) is 0 Å². The van der Waals surface area contributed by atoms with Gasteiger partial charge < -0.3 is 0 Å². The van der Waals surface area contributed by atoms with Gasteiger partial charge in [0, 0.05) is 18.0 Å². The van der Waals surface area contributed by atoms with E-state index in [1.165, 1.54) is 0 Å². The Morgan fingerprint density at radius 2 is 1.88 bits per heavy atom. The van der Waals surface area contributed by atoms with Crippen molar-refractivity contribution >= 4 is 5.91 Å². The summed E-state index contributed by atoms with van der Waals surface area (Å²) in [6, 6.07) is 10.7. The van der Waals surface area contributed by atoms with Crippen LogP contribution >= 0.6 is 0 Å². The number of amides is 1. The second kappa shape index (κ2) is 4.55. The average Bonchev–Trinajstić information content (AvgIpc) is 2.39. The predicted molar refractivity (Wildman–Crippen MR) is 58.9 cm³/mol. The van der Waals surface area contributed by atoms with Crippen LogP contribution < -0.4 is 5.48 Å². The highest BCUT2D eigenvalue weighted by Crippen LogP contribution is 2.18. The molecule has 2 N–H and O–H groups in total. The van der Waals surface area contributed by atoms with Gasteiger partial charge >= 0.3 is 0 Å². The molecule has 0 unspecified atom stereocenters. The van der Waals surface area contributed by atoms with Gasteiger partial charge in [0.15, 0.2) is 0 Å². The summed E-state index contributed by atoms with van der Waals surface area (Å²) in [6.45, 7) is 0. The van der Waals surface area contributed by atoms with Crippen molar-refractivity contribution in [2.75, 3.05) is 0 Å². The zero-order valence-corrected chi connectivity index (χ0v) is 8.42. The molecule has 0 radical (unpaired) electrons. The predicted octanol–water partition coefficient (Wildman–Crippen LogP) is 1.87. The summed E-state index contributed by atoms with van der Waals surface area (Å²) in [5.41, 5.74) is 3.96. The SMILES string of the molecule is O=C(NO)c1ccc(-c2cccnc2)cc1. The van der Waals surface area contributed by atoms with Gasteiger partial charge in [0.1, 0.15) is 0 Å². The van der Waals surface area contributed by atoms with E-state index in [9.17, 15) is 4.79 Å². The van der Waals surface area contributed by atoms with E-state index in [1.54, 1.807) is 30.0 Å². The van der Waals surface area contributed by atoms with Crippen molar-refractivity contribution in [2.24, 2.45) is 0 Å². The Balaban J connectivity index is 2.30. The molecule has 2 aromatic rings. The van der Waals surface area contributed by atoms with Gasteiger partial charge in [-0.2, -0.15) is 0 Å². The molecule has 0 spiro atoms. The van der Waals surface area contributed by atoms with E-state index < -0.39 is 5.91 Å². The zero-order chi connectivity index (χ0) is 11.4. The first-order valence-corrected chi connectivity index (χ1v) is 4.76. The van der Waals surface area contributed by atoms with Crippen LogP contribution in [0.5, 0.6) is 0 Å². The molecule has 0 bridgehead atoms. The molecule has 0 aliphatic heterocycles. The van der Waals surface area contributed by atoms with Crippen LogP contribution in [0.4, 0.5) is 0 Å². The largest absolute Gasteiger partial charge is 0.288 e. The summed E-state index contributed by atoms with van der Waals surface area (Å²) in [7, 11) is 0. The van der Waals surface area contributed by atoms with E-state index >= 15 is 0 Å². The first kappa shape index (κ1) is 10.3. The van der Waals surface area contributed by atoms with Crippen LogP contribution in [0.2, 0.25) is 0 Å². The average molecular weight is 214 g/mol. The van der Waals surface area contributed by atoms with Gasteiger partial charge in [-0.15, -0.1) is 0 Å². The van der Waals surface area contributed by atoms with E-state index in [0.717, 1.165) is 11.1 Å². The number of rotatable bonds is 2. The van der Waals surface area contributed by atoms with Crippen molar-refractivity contribution in [3.8, 4) is 11.1 Å². The van der Waals surface area contributed by atoms with Gasteiger partial charge in [0.2, 0.25) is 0 Å². The molecule has 1 aromatic heterocycles. The molecular weight excluding hydrogens is 204 g/mol. The molecule has 1 amide bonds. The molecule has 1 heterocycles. The third kappa shape index (κ3) is 2.07. The molecule has 0 fully saturated rings. The topological polar surface area (TPSA) is 62.2 Å². The first-order chi connectivity index (χ1) is 7.81. The number of carbonyl (C=O) groups is 1. The van der Waals surface area contributed by atoms with Crippen molar-refractivity contribution in [3.63, 3.8) is 0 Å². The highest BCUT2D eigenvalue weighted by molar-refractivity contribution is 5.93. The number of nitrogens with zero attached hydrogens (tertiary/aromatic N) is 1. The van der Waals surface area contributed by atoms with Crippen molar-refractivity contribution in [1.29, 1.82) is 0 Å². The van der Waals surface area contributed by atoms with E-state index in [-0.39, 0.29) is 0 Å². The Morgan fingerprint density at radius 3 is 2.44 bits per heavy atom. The molecular formula is C12H10N2O2.